The van der Waals surface area contributed by atoms with Gasteiger partial charge in [-0.3, -0.25) is 4.79 Å². The minimum absolute atomic E-state index is 0.0973. The number of para-hydroxylation sites is 1. The van der Waals surface area contributed by atoms with Gasteiger partial charge in [-0.1, -0.05) is 32.0 Å². The number of carbonyl (C=O) groups is 1. The molecular weight excluding hydrogens is 214 g/mol. The first-order valence-electron chi connectivity index (χ1n) is 5.98. The standard InChI is InChI=1S/C14H21NO2/c1-10(2)9-17-12(4)14(16)15-13-8-6-5-7-11(13)3/h5-8,10,12H,9H2,1-4H3,(H,15,16). The smallest absolute Gasteiger partial charge is 0.253 e. The van der Waals surface area contributed by atoms with Crippen molar-refractivity contribution in [2.45, 2.75) is 33.8 Å². The van der Waals surface area contributed by atoms with E-state index in [-0.39, 0.29) is 5.91 Å². The molecule has 0 spiro atoms. The Morgan fingerprint density at radius 3 is 2.53 bits per heavy atom. The molecule has 0 saturated carbocycles. The SMILES string of the molecule is Cc1ccccc1NC(=O)C(C)OCC(C)C. The van der Waals surface area contributed by atoms with Crippen molar-refractivity contribution in [3.05, 3.63) is 29.8 Å². The first-order valence-corrected chi connectivity index (χ1v) is 5.98. The van der Waals surface area contributed by atoms with Gasteiger partial charge in [0.15, 0.2) is 0 Å². The maximum atomic E-state index is 11.8. The molecule has 0 aliphatic rings. The first kappa shape index (κ1) is 13.7. The second-order valence-corrected chi connectivity index (χ2v) is 4.67. The van der Waals surface area contributed by atoms with E-state index in [1.54, 1.807) is 6.92 Å². The molecular formula is C14H21NO2. The summed E-state index contributed by atoms with van der Waals surface area (Å²) < 4.78 is 5.47. The second kappa shape index (κ2) is 6.40. The summed E-state index contributed by atoms with van der Waals surface area (Å²) in [6.45, 7) is 8.46. The molecule has 1 N–H and O–H groups in total. The van der Waals surface area contributed by atoms with Crippen LogP contribution in [0.5, 0.6) is 0 Å². The van der Waals surface area contributed by atoms with E-state index in [4.69, 9.17) is 4.74 Å². The summed E-state index contributed by atoms with van der Waals surface area (Å²) >= 11 is 0. The summed E-state index contributed by atoms with van der Waals surface area (Å²) in [6.07, 6.45) is -0.419. The highest BCUT2D eigenvalue weighted by Gasteiger charge is 2.14. The predicted octanol–water partition coefficient (Wildman–Crippen LogP) is 2.99. The number of ether oxygens (including phenoxy) is 1. The maximum absolute atomic E-state index is 11.8. The van der Waals surface area contributed by atoms with Gasteiger partial charge < -0.3 is 10.1 Å². The Bertz CT molecular complexity index is 374. The summed E-state index contributed by atoms with van der Waals surface area (Å²) in [5, 5.41) is 2.87. The van der Waals surface area contributed by atoms with E-state index < -0.39 is 6.10 Å². The molecule has 94 valence electrons. The molecule has 0 aromatic heterocycles. The molecule has 1 rings (SSSR count). The van der Waals surface area contributed by atoms with Crippen LogP contribution in [0.1, 0.15) is 26.3 Å². The molecule has 1 aromatic rings. The number of aryl methyl sites for hydroxylation is 1. The molecule has 0 radical (unpaired) electrons. The molecule has 3 nitrogen and oxygen atoms in total. The number of amides is 1. The van der Waals surface area contributed by atoms with Gasteiger partial charge in [-0.05, 0) is 31.4 Å². The predicted molar refractivity (Wildman–Crippen MR) is 70.1 cm³/mol. The molecule has 0 fully saturated rings. The molecule has 0 heterocycles. The van der Waals surface area contributed by atoms with Crippen molar-refractivity contribution < 1.29 is 9.53 Å². The lowest BCUT2D eigenvalue weighted by Crippen LogP contribution is -2.29. The van der Waals surface area contributed by atoms with Crippen LogP contribution in [0.3, 0.4) is 0 Å². The quantitative estimate of drug-likeness (QED) is 0.852. The second-order valence-electron chi connectivity index (χ2n) is 4.67. The van der Waals surface area contributed by atoms with E-state index in [0.29, 0.717) is 12.5 Å². The van der Waals surface area contributed by atoms with Crippen LogP contribution in [0.2, 0.25) is 0 Å². The van der Waals surface area contributed by atoms with Crippen LogP contribution in [0, 0.1) is 12.8 Å². The lowest BCUT2D eigenvalue weighted by atomic mass is 10.2. The molecule has 1 aromatic carbocycles. The van der Waals surface area contributed by atoms with E-state index in [9.17, 15) is 4.79 Å². The Morgan fingerprint density at radius 2 is 1.94 bits per heavy atom. The summed E-state index contributed by atoms with van der Waals surface area (Å²) in [5.41, 5.74) is 1.90. The van der Waals surface area contributed by atoms with Gasteiger partial charge >= 0.3 is 0 Å². The molecule has 1 amide bonds. The fourth-order valence-electron chi connectivity index (χ4n) is 1.36. The summed E-state index contributed by atoms with van der Waals surface area (Å²) in [5.74, 6) is 0.337. The molecule has 0 aliphatic carbocycles. The normalized spacial score (nSPS) is 12.5. The Labute approximate surface area is 103 Å². The van der Waals surface area contributed by atoms with Crippen LogP contribution in [0.4, 0.5) is 5.69 Å². The summed E-state index contributed by atoms with van der Waals surface area (Å²) in [4.78, 5) is 11.8. The maximum Gasteiger partial charge on any atom is 0.253 e. The monoisotopic (exact) mass is 235 g/mol. The van der Waals surface area contributed by atoms with Crippen molar-refractivity contribution in [3.8, 4) is 0 Å². The fraction of sp³-hybridized carbons (Fsp3) is 0.500. The van der Waals surface area contributed by atoms with Gasteiger partial charge in [0.2, 0.25) is 0 Å². The van der Waals surface area contributed by atoms with Crippen LogP contribution in [-0.2, 0) is 9.53 Å². The third-order valence-corrected chi connectivity index (χ3v) is 2.45. The molecule has 0 saturated heterocycles. The van der Waals surface area contributed by atoms with Crippen molar-refractivity contribution in [2.75, 3.05) is 11.9 Å². The lowest BCUT2D eigenvalue weighted by molar-refractivity contribution is -0.126. The van der Waals surface area contributed by atoms with Crippen LogP contribution >= 0.6 is 0 Å². The van der Waals surface area contributed by atoms with Crippen LogP contribution in [0.25, 0.3) is 0 Å². The molecule has 1 atom stereocenters. The van der Waals surface area contributed by atoms with Crippen molar-refractivity contribution in [1.82, 2.24) is 0 Å². The van der Waals surface area contributed by atoms with Gasteiger partial charge in [-0.25, -0.2) is 0 Å². The average molecular weight is 235 g/mol. The summed E-state index contributed by atoms with van der Waals surface area (Å²) in [7, 11) is 0. The third-order valence-electron chi connectivity index (χ3n) is 2.45. The number of nitrogens with one attached hydrogen (secondary N) is 1. The topological polar surface area (TPSA) is 38.3 Å². The lowest BCUT2D eigenvalue weighted by Gasteiger charge is -2.15. The van der Waals surface area contributed by atoms with Crippen molar-refractivity contribution in [1.29, 1.82) is 0 Å². The Balaban J connectivity index is 2.52. The van der Waals surface area contributed by atoms with E-state index >= 15 is 0 Å². The van der Waals surface area contributed by atoms with Crippen LogP contribution in [0.15, 0.2) is 24.3 Å². The molecule has 17 heavy (non-hydrogen) atoms. The van der Waals surface area contributed by atoms with Gasteiger partial charge in [-0.15, -0.1) is 0 Å². The van der Waals surface area contributed by atoms with E-state index in [0.717, 1.165) is 11.3 Å². The minimum atomic E-state index is -0.419. The molecule has 0 bridgehead atoms. The Kier molecular flexibility index (Phi) is 5.16. The number of carbonyl (C=O) groups excluding carboxylic acids is 1. The number of anilines is 1. The van der Waals surface area contributed by atoms with Crippen LogP contribution in [-0.4, -0.2) is 18.6 Å². The zero-order chi connectivity index (χ0) is 12.8. The van der Waals surface area contributed by atoms with Crippen LogP contribution < -0.4 is 5.32 Å². The minimum Gasteiger partial charge on any atom is -0.368 e. The summed E-state index contributed by atoms with van der Waals surface area (Å²) in [6, 6.07) is 7.71. The van der Waals surface area contributed by atoms with E-state index in [1.165, 1.54) is 0 Å². The highest BCUT2D eigenvalue weighted by molar-refractivity contribution is 5.94. The van der Waals surface area contributed by atoms with Gasteiger partial charge in [0.05, 0.1) is 0 Å². The van der Waals surface area contributed by atoms with Gasteiger partial charge in [0.1, 0.15) is 6.10 Å². The zero-order valence-electron chi connectivity index (χ0n) is 11.0. The molecule has 0 aliphatic heterocycles. The van der Waals surface area contributed by atoms with Crippen molar-refractivity contribution in [2.24, 2.45) is 5.92 Å². The van der Waals surface area contributed by atoms with E-state index in [2.05, 4.69) is 19.2 Å². The first-order chi connectivity index (χ1) is 8.00. The Morgan fingerprint density at radius 1 is 1.29 bits per heavy atom. The van der Waals surface area contributed by atoms with Crippen molar-refractivity contribution in [3.63, 3.8) is 0 Å². The zero-order valence-corrected chi connectivity index (χ0v) is 11.0. The van der Waals surface area contributed by atoms with Crippen molar-refractivity contribution >= 4 is 11.6 Å². The highest BCUT2D eigenvalue weighted by atomic mass is 16.5. The fourth-order valence-corrected chi connectivity index (χ4v) is 1.36. The molecule has 3 heteroatoms. The Hall–Kier alpha value is -1.35. The largest absolute Gasteiger partial charge is 0.368 e. The van der Waals surface area contributed by atoms with Gasteiger partial charge in [-0.2, -0.15) is 0 Å². The van der Waals surface area contributed by atoms with Gasteiger partial charge in [0, 0.05) is 12.3 Å². The number of hydrogen-bond donors (Lipinski definition) is 1. The number of benzene rings is 1. The number of rotatable bonds is 5. The average Bonchev–Trinajstić information content (AvgIpc) is 2.28. The third kappa shape index (κ3) is 4.57. The molecule has 1 unspecified atom stereocenters. The highest BCUT2D eigenvalue weighted by Crippen LogP contribution is 2.13. The van der Waals surface area contributed by atoms with E-state index in [1.807, 2.05) is 31.2 Å². The van der Waals surface area contributed by atoms with Gasteiger partial charge in [0.25, 0.3) is 5.91 Å². The number of hydrogen-bond acceptors (Lipinski definition) is 2.